The Balaban J connectivity index is 1.50. The van der Waals surface area contributed by atoms with E-state index in [0.717, 1.165) is 69.8 Å². The Morgan fingerprint density at radius 2 is 1.97 bits per heavy atom. The van der Waals surface area contributed by atoms with E-state index in [1.807, 2.05) is 13.0 Å². The van der Waals surface area contributed by atoms with Gasteiger partial charge in [0.1, 0.15) is 5.76 Å². The number of aryl methyl sites for hydroxylation is 1. The number of likely N-dealkylation sites (N-methyl/N-ethyl adjacent to an activating group) is 1. The molecule has 0 bridgehead atoms. The first-order valence-corrected chi connectivity index (χ1v) is 11.0. The van der Waals surface area contributed by atoms with Gasteiger partial charge in [-0.25, -0.2) is 0 Å². The highest BCUT2D eigenvalue weighted by molar-refractivity contribution is 5.80. The molecule has 1 fully saturated rings. The third-order valence-corrected chi connectivity index (χ3v) is 5.60. The van der Waals surface area contributed by atoms with Crippen LogP contribution in [0.1, 0.15) is 30.9 Å². The highest BCUT2D eigenvalue weighted by atomic mass is 16.5. The lowest BCUT2D eigenvalue weighted by molar-refractivity contribution is 0.168. The second-order valence-corrected chi connectivity index (χ2v) is 8.14. The van der Waals surface area contributed by atoms with Gasteiger partial charge in [-0.2, -0.15) is 0 Å². The number of guanidine groups is 1. The Labute approximate surface area is 180 Å². The van der Waals surface area contributed by atoms with Crippen LogP contribution in [0.25, 0.3) is 0 Å². The Morgan fingerprint density at radius 1 is 1.23 bits per heavy atom. The molecule has 1 atom stereocenters. The molecular weight excluding hydrogens is 376 g/mol. The van der Waals surface area contributed by atoms with Gasteiger partial charge >= 0.3 is 0 Å². The second kappa shape index (κ2) is 11.1. The lowest BCUT2D eigenvalue weighted by Gasteiger charge is -2.36. The summed E-state index contributed by atoms with van der Waals surface area (Å²) < 4.78 is 5.19. The van der Waals surface area contributed by atoms with E-state index < -0.39 is 0 Å². The maximum absolute atomic E-state index is 5.19. The molecular formula is C23H36N6O. The first kappa shape index (κ1) is 22.3. The van der Waals surface area contributed by atoms with Crippen LogP contribution in [0.15, 0.2) is 45.9 Å². The molecule has 3 rings (SSSR count). The minimum Gasteiger partial charge on any atom is -0.361 e. The number of piperazine rings is 1. The van der Waals surface area contributed by atoms with Gasteiger partial charge in [0, 0.05) is 57.9 Å². The highest BCUT2D eigenvalue weighted by Crippen LogP contribution is 2.10. The van der Waals surface area contributed by atoms with Crippen molar-refractivity contribution in [2.45, 2.75) is 39.9 Å². The lowest BCUT2D eigenvalue weighted by Crippen LogP contribution is -2.52. The van der Waals surface area contributed by atoms with Crippen molar-refractivity contribution in [3.05, 3.63) is 53.4 Å². The van der Waals surface area contributed by atoms with Gasteiger partial charge in [-0.05, 0) is 33.4 Å². The number of aliphatic imine (C=N–C) groups is 1. The summed E-state index contributed by atoms with van der Waals surface area (Å²) in [6, 6.07) is 13.0. The van der Waals surface area contributed by atoms with Gasteiger partial charge in [0.25, 0.3) is 0 Å². The monoisotopic (exact) mass is 412 g/mol. The van der Waals surface area contributed by atoms with E-state index in [1.165, 1.54) is 5.56 Å². The molecule has 0 aliphatic carbocycles. The van der Waals surface area contributed by atoms with Crippen LogP contribution < -0.4 is 5.32 Å². The zero-order valence-electron chi connectivity index (χ0n) is 18.8. The van der Waals surface area contributed by atoms with E-state index in [2.05, 4.69) is 76.4 Å². The van der Waals surface area contributed by atoms with Crippen LogP contribution in [0.4, 0.5) is 0 Å². The summed E-state index contributed by atoms with van der Waals surface area (Å²) in [5, 5.41) is 7.59. The first-order valence-electron chi connectivity index (χ1n) is 11.0. The first-order chi connectivity index (χ1) is 14.5. The van der Waals surface area contributed by atoms with Gasteiger partial charge in [-0.1, -0.05) is 35.5 Å². The maximum atomic E-state index is 5.19. The standard InChI is InChI=1S/C23H36N6O/c1-5-24-23(25-16-19(2)27(4)17-21-9-7-6-8-10-21)29-13-11-28(12-14-29)18-22-15-20(3)30-26-22/h6-10,15,19H,5,11-14,16-18H2,1-4H3,(H,24,25). The van der Waals surface area contributed by atoms with Crippen LogP contribution in [-0.2, 0) is 13.1 Å². The smallest absolute Gasteiger partial charge is 0.194 e. The summed E-state index contributed by atoms with van der Waals surface area (Å²) in [6.45, 7) is 13.7. The average molecular weight is 413 g/mol. The van der Waals surface area contributed by atoms with Crippen LogP contribution in [-0.4, -0.2) is 78.2 Å². The van der Waals surface area contributed by atoms with Gasteiger partial charge in [-0.15, -0.1) is 0 Å². The summed E-state index contributed by atoms with van der Waals surface area (Å²) in [6.07, 6.45) is 0. The van der Waals surface area contributed by atoms with Gasteiger partial charge < -0.3 is 14.7 Å². The molecule has 2 aromatic rings. The van der Waals surface area contributed by atoms with Crippen molar-refractivity contribution in [2.75, 3.05) is 46.3 Å². The van der Waals surface area contributed by atoms with Crippen molar-refractivity contribution in [1.29, 1.82) is 0 Å². The Bertz CT molecular complexity index is 782. The topological polar surface area (TPSA) is 60.1 Å². The van der Waals surface area contributed by atoms with E-state index in [9.17, 15) is 0 Å². The number of hydrogen-bond acceptors (Lipinski definition) is 5. The molecule has 7 nitrogen and oxygen atoms in total. The number of rotatable bonds is 8. The van der Waals surface area contributed by atoms with Crippen molar-refractivity contribution in [3.63, 3.8) is 0 Å². The fourth-order valence-corrected chi connectivity index (χ4v) is 3.65. The van der Waals surface area contributed by atoms with Crippen LogP contribution in [0.2, 0.25) is 0 Å². The Morgan fingerprint density at radius 3 is 2.60 bits per heavy atom. The quantitative estimate of drug-likeness (QED) is 0.531. The number of nitrogens with one attached hydrogen (secondary N) is 1. The SMILES string of the molecule is CCNC(=NCC(C)N(C)Cc1ccccc1)N1CCN(Cc2cc(C)on2)CC1. The molecule has 1 saturated heterocycles. The van der Waals surface area contributed by atoms with E-state index in [1.54, 1.807) is 0 Å². The van der Waals surface area contributed by atoms with E-state index in [4.69, 9.17) is 9.52 Å². The largest absolute Gasteiger partial charge is 0.361 e. The van der Waals surface area contributed by atoms with Crippen LogP contribution >= 0.6 is 0 Å². The summed E-state index contributed by atoms with van der Waals surface area (Å²) in [7, 11) is 2.17. The maximum Gasteiger partial charge on any atom is 0.194 e. The van der Waals surface area contributed by atoms with Crippen molar-refractivity contribution in [2.24, 2.45) is 4.99 Å². The van der Waals surface area contributed by atoms with Gasteiger partial charge in [-0.3, -0.25) is 14.8 Å². The molecule has 30 heavy (non-hydrogen) atoms. The summed E-state index contributed by atoms with van der Waals surface area (Å²) in [4.78, 5) is 12.1. The normalized spacial score (nSPS) is 16.8. The van der Waals surface area contributed by atoms with Gasteiger partial charge in [0.05, 0.1) is 12.2 Å². The van der Waals surface area contributed by atoms with Crippen molar-refractivity contribution < 1.29 is 4.52 Å². The van der Waals surface area contributed by atoms with Gasteiger partial charge in [0.2, 0.25) is 0 Å². The predicted molar refractivity (Wildman–Crippen MR) is 121 cm³/mol. The van der Waals surface area contributed by atoms with E-state index in [-0.39, 0.29) is 0 Å². The minimum atomic E-state index is 0.371. The predicted octanol–water partition coefficient (Wildman–Crippen LogP) is 2.59. The lowest BCUT2D eigenvalue weighted by atomic mass is 10.2. The average Bonchev–Trinajstić information content (AvgIpc) is 3.16. The molecule has 7 heteroatoms. The fraction of sp³-hybridized carbons (Fsp3) is 0.565. The van der Waals surface area contributed by atoms with Crippen LogP contribution in [0, 0.1) is 6.92 Å². The molecule has 1 aromatic carbocycles. The molecule has 0 saturated carbocycles. The van der Waals surface area contributed by atoms with E-state index in [0.29, 0.717) is 6.04 Å². The van der Waals surface area contributed by atoms with Crippen LogP contribution in [0.5, 0.6) is 0 Å². The Hall–Kier alpha value is -2.38. The minimum absolute atomic E-state index is 0.371. The highest BCUT2D eigenvalue weighted by Gasteiger charge is 2.21. The molecule has 0 spiro atoms. The molecule has 0 amide bonds. The summed E-state index contributed by atoms with van der Waals surface area (Å²) in [5.74, 6) is 1.89. The molecule has 1 unspecified atom stereocenters. The third kappa shape index (κ3) is 6.57. The summed E-state index contributed by atoms with van der Waals surface area (Å²) >= 11 is 0. The molecule has 2 heterocycles. The molecule has 1 aliphatic rings. The number of benzene rings is 1. The van der Waals surface area contributed by atoms with Crippen molar-refractivity contribution in [1.82, 2.24) is 25.2 Å². The fourth-order valence-electron chi connectivity index (χ4n) is 3.65. The molecule has 164 valence electrons. The van der Waals surface area contributed by atoms with Crippen molar-refractivity contribution >= 4 is 5.96 Å². The molecule has 1 aromatic heterocycles. The van der Waals surface area contributed by atoms with E-state index >= 15 is 0 Å². The zero-order chi connectivity index (χ0) is 21.3. The number of aromatic nitrogens is 1. The molecule has 1 N–H and O–H groups in total. The summed E-state index contributed by atoms with van der Waals surface area (Å²) in [5.41, 5.74) is 2.35. The number of hydrogen-bond donors (Lipinski definition) is 1. The number of nitrogens with zero attached hydrogens (tertiary/aromatic N) is 5. The molecule has 1 aliphatic heterocycles. The molecule has 0 radical (unpaired) electrons. The zero-order valence-corrected chi connectivity index (χ0v) is 18.8. The van der Waals surface area contributed by atoms with Crippen molar-refractivity contribution in [3.8, 4) is 0 Å². The van der Waals surface area contributed by atoms with Gasteiger partial charge in [0.15, 0.2) is 5.96 Å². The second-order valence-electron chi connectivity index (χ2n) is 8.14. The van der Waals surface area contributed by atoms with Crippen LogP contribution in [0.3, 0.4) is 0 Å². The third-order valence-electron chi connectivity index (χ3n) is 5.60. The Kier molecular flexibility index (Phi) is 8.28.